The summed E-state index contributed by atoms with van der Waals surface area (Å²) in [7, 11) is 4.34. The molecule has 0 saturated carbocycles. The van der Waals surface area contributed by atoms with Gasteiger partial charge in [-0.15, -0.1) is 0 Å². The Morgan fingerprint density at radius 2 is 1.54 bits per heavy atom. The number of rotatable bonds is 1. The Morgan fingerprint density at radius 3 is 1.96 bits per heavy atom. The number of aryl methyl sites for hydroxylation is 1. The molecule has 0 amide bonds. The third-order valence-electron chi connectivity index (χ3n) is 2.66. The molecule has 2 aromatic carbocycles. The van der Waals surface area contributed by atoms with Gasteiger partial charge < -0.3 is 0 Å². The standard InChI is InChI=1S/C8H5BrFN.C8H6FN.BHNS/c9-4-6-1-2-8(10)3-7(6)5-11;1-6-2-3-8(9)4-7(6)5-10;1-2-3/h1-3H,4H2;2-4H,1H3;3H. The quantitative estimate of drug-likeness (QED) is 0.420. The van der Waals surface area contributed by atoms with E-state index in [1.165, 1.54) is 24.3 Å². The van der Waals surface area contributed by atoms with Crippen LogP contribution in [0.3, 0.4) is 0 Å². The molecule has 24 heavy (non-hydrogen) atoms. The summed E-state index contributed by atoms with van der Waals surface area (Å²) in [6.45, 7) is 1.78. The summed E-state index contributed by atoms with van der Waals surface area (Å²) < 4.78 is 27.6. The second-order valence-electron chi connectivity index (χ2n) is 4.23. The van der Waals surface area contributed by atoms with Gasteiger partial charge in [-0.1, -0.05) is 28.1 Å². The number of nitrogens with zero attached hydrogens (tertiary/aromatic N) is 3. The second-order valence-corrected chi connectivity index (χ2v) is 5.03. The molecule has 121 valence electrons. The number of halogens is 3. The van der Waals surface area contributed by atoms with Gasteiger partial charge in [-0.25, -0.2) is 8.78 Å². The van der Waals surface area contributed by atoms with Crippen molar-refractivity contribution in [2.75, 3.05) is 0 Å². The summed E-state index contributed by atoms with van der Waals surface area (Å²) >= 11 is 6.39. The van der Waals surface area contributed by atoms with Gasteiger partial charge in [0, 0.05) is 5.33 Å². The van der Waals surface area contributed by atoms with Gasteiger partial charge in [0.05, 0.1) is 23.3 Å². The van der Waals surface area contributed by atoms with Crippen molar-refractivity contribution in [3.05, 3.63) is 70.3 Å². The van der Waals surface area contributed by atoms with Gasteiger partial charge in [0.2, 0.25) is 0 Å². The van der Waals surface area contributed by atoms with Crippen LogP contribution in [0.1, 0.15) is 22.3 Å². The molecule has 8 heteroatoms. The first-order valence-corrected chi connectivity index (χ1v) is 7.90. The molecule has 0 unspecified atom stereocenters. The normalized spacial score (nSPS) is 8.42. The van der Waals surface area contributed by atoms with Crippen LogP contribution in [-0.4, -0.2) is 7.64 Å². The van der Waals surface area contributed by atoms with E-state index in [0.29, 0.717) is 16.5 Å². The van der Waals surface area contributed by atoms with Crippen LogP contribution < -0.4 is 0 Å². The van der Waals surface area contributed by atoms with Crippen LogP contribution in [0.15, 0.2) is 40.7 Å². The third kappa shape index (κ3) is 8.00. The molecule has 0 fully saturated rings. The average molecular weight is 407 g/mol. The van der Waals surface area contributed by atoms with Crippen LogP contribution in [0.25, 0.3) is 0 Å². The minimum atomic E-state index is -0.369. The van der Waals surface area contributed by atoms with E-state index in [0.717, 1.165) is 11.1 Å². The van der Waals surface area contributed by atoms with Crippen molar-refractivity contribution in [3.8, 4) is 12.1 Å². The molecule has 0 spiro atoms. The molecule has 2 aromatic rings. The van der Waals surface area contributed by atoms with E-state index in [-0.39, 0.29) is 11.6 Å². The molecule has 0 bridgehead atoms. The Kier molecular flexibility index (Phi) is 11.4. The summed E-state index contributed by atoms with van der Waals surface area (Å²) in [5.74, 6) is -0.728. The van der Waals surface area contributed by atoms with E-state index in [1.807, 2.05) is 12.1 Å². The van der Waals surface area contributed by atoms with Gasteiger partial charge in [0.1, 0.15) is 11.6 Å². The molecule has 3 nitrogen and oxygen atoms in total. The fourth-order valence-corrected chi connectivity index (χ4v) is 1.97. The van der Waals surface area contributed by atoms with Crippen molar-refractivity contribution < 1.29 is 8.78 Å². The monoisotopic (exact) mass is 406 g/mol. The molecular weight excluding hydrogens is 395 g/mol. The predicted octanol–water partition coefficient (Wildman–Crippen LogP) is 4.78. The first kappa shape index (κ1) is 22.0. The fraction of sp³-hybridized carbons (Fsp3) is 0.125. The Hall–Kier alpha value is -2.03. The maximum absolute atomic E-state index is 12.5. The van der Waals surface area contributed by atoms with Crippen LogP contribution in [0.4, 0.5) is 8.78 Å². The van der Waals surface area contributed by atoms with Crippen LogP contribution in [0.5, 0.6) is 0 Å². The van der Waals surface area contributed by atoms with E-state index in [4.69, 9.17) is 10.5 Å². The van der Waals surface area contributed by atoms with Gasteiger partial charge in [-0.05, 0) is 42.3 Å². The second kappa shape index (κ2) is 12.4. The van der Waals surface area contributed by atoms with Crippen molar-refractivity contribution >= 4 is 36.4 Å². The summed E-state index contributed by atoms with van der Waals surface area (Å²) in [5.41, 5.74) is 2.42. The SMILES string of the molecule is Cc1ccc(F)cc1C#N.N#Cc1cc(F)ccc1CBr.[B]=NS. The summed E-state index contributed by atoms with van der Waals surface area (Å²) in [5, 5.41) is 17.5. The average Bonchev–Trinajstić information content (AvgIpc) is 2.58. The Balaban J connectivity index is 0.000000381. The number of hydrogen-bond acceptors (Lipinski definition) is 4. The van der Waals surface area contributed by atoms with Crippen LogP contribution in [0, 0.1) is 41.2 Å². The number of hydrogen-bond donors (Lipinski definition) is 1. The van der Waals surface area contributed by atoms with Crippen molar-refractivity contribution in [2.24, 2.45) is 4.30 Å². The van der Waals surface area contributed by atoms with Crippen LogP contribution in [0.2, 0.25) is 0 Å². The van der Waals surface area contributed by atoms with E-state index in [9.17, 15) is 8.78 Å². The third-order valence-corrected chi connectivity index (χ3v) is 3.26. The molecule has 0 aliphatic heterocycles. The zero-order valence-corrected chi connectivity index (χ0v) is 15.2. The number of alkyl halides is 1. The first-order chi connectivity index (χ1) is 11.4. The zero-order chi connectivity index (χ0) is 18.5. The minimum absolute atomic E-state index is 0.359. The van der Waals surface area contributed by atoms with Crippen molar-refractivity contribution in [1.82, 2.24) is 0 Å². The molecular formula is C16H12BBrF2N3S. The van der Waals surface area contributed by atoms with Crippen molar-refractivity contribution in [1.29, 1.82) is 10.5 Å². The number of benzene rings is 2. The number of nitriles is 2. The van der Waals surface area contributed by atoms with E-state index < -0.39 is 0 Å². The molecule has 0 aromatic heterocycles. The summed E-state index contributed by atoms with van der Waals surface area (Å²) in [4.78, 5) is 0. The molecule has 2 rings (SSSR count). The number of thiol groups is 1. The Labute approximate surface area is 154 Å². The zero-order valence-electron chi connectivity index (χ0n) is 12.7. The molecule has 0 atom stereocenters. The summed E-state index contributed by atoms with van der Waals surface area (Å²) in [6, 6.07) is 12.2. The van der Waals surface area contributed by atoms with E-state index in [1.54, 1.807) is 19.1 Å². The van der Waals surface area contributed by atoms with Crippen molar-refractivity contribution in [2.45, 2.75) is 12.3 Å². The molecule has 0 heterocycles. The first-order valence-electron chi connectivity index (χ1n) is 6.38. The molecule has 0 aliphatic rings. The molecule has 1 radical (unpaired) electrons. The van der Waals surface area contributed by atoms with Crippen LogP contribution >= 0.6 is 28.7 Å². The fourth-order valence-electron chi connectivity index (χ4n) is 1.48. The predicted molar refractivity (Wildman–Crippen MR) is 96.8 cm³/mol. The van der Waals surface area contributed by atoms with Crippen molar-refractivity contribution in [3.63, 3.8) is 0 Å². The van der Waals surface area contributed by atoms with Gasteiger partial charge in [0.15, 0.2) is 0 Å². The van der Waals surface area contributed by atoms with Gasteiger partial charge >= 0.3 is 24.8 Å². The van der Waals surface area contributed by atoms with Gasteiger partial charge in [-0.3, -0.25) is 0 Å². The Bertz CT molecular complexity index is 773. The van der Waals surface area contributed by atoms with Gasteiger partial charge in [-0.2, -0.15) is 10.5 Å². The summed E-state index contributed by atoms with van der Waals surface area (Å²) in [6.07, 6.45) is 0. The van der Waals surface area contributed by atoms with Crippen LogP contribution in [-0.2, 0) is 5.33 Å². The van der Waals surface area contributed by atoms with E-state index in [2.05, 4.69) is 40.7 Å². The molecule has 0 saturated heterocycles. The topological polar surface area (TPSA) is 59.9 Å². The molecule has 0 N–H and O–H groups in total. The van der Waals surface area contributed by atoms with E-state index >= 15 is 0 Å². The Morgan fingerprint density at radius 1 is 1.08 bits per heavy atom. The molecule has 0 aliphatic carbocycles. The maximum atomic E-state index is 12.5. The van der Waals surface area contributed by atoms with Gasteiger partial charge in [0.25, 0.3) is 0 Å².